The number of rotatable bonds is 5. The topological polar surface area (TPSA) is 41.1 Å². The van der Waals surface area contributed by atoms with Gasteiger partial charge < -0.3 is 10.6 Å². The molecule has 2 aliphatic rings. The summed E-state index contributed by atoms with van der Waals surface area (Å²) < 4.78 is 26.6. The molecule has 5 heteroatoms. The zero-order valence-corrected chi connectivity index (χ0v) is 12.6. The van der Waals surface area contributed by atoms with E-state index in [0.717, 1.165) is 25.6 Å². The quantitative estimate of drug-likeness (QED) is 0.878. The Balaban J connectivity index is 1.44. The molecule has 1 amide bonds. The fraction of sp³-hybridized carbons (Fsp3) is 0.588. The standard InChI is InChI=1S/C17H22F2N2O/c18-12-3-4-13(16(19)8-12)14-9-15(14)17(22)21-7-5-11-2-1-6-20-10-11/h3-4,8,11,14-15,20H,1-2,5-7,9-10H2,(H,21,22). The van der Waals surface area contributed by atoms with Gasteiger partial charge in [0, 0.05) is 18.5 Å². The third-order valence-electron chi connectivity index (χ3n) is 4.74. The Morgan fingerprint density at radius 1 is 1.36 bits per heavy atom. The number of piperidine rings is 1. The zero-order chi connectivity index (χ0) is 15.5. The van der Waals surface area contributed by atoms with Gasteiger partial charge in [-0.05, 0) is 62.2 Å². The molecule has 1 heterocycles. The van der Waals surface area contributed by atoms with E-state index in [0.29, 0.717) is 24.4 Å². The third-order valence-corrected chi connectivity index (χ3v) is 4.74. The smallest absolute Gasteiger partial charge is 0.223 e. The molecule has 0 spiro atoms. The van der Waals surface area contributed by atoms with E-state index in [1.807, 2.05) is 0 Å². The average Bonchev–Trinajstić information content (AvgIpc) is 3.28. The number of amides is 1. The Bertz CT molecular complexity index is 543. The molecule has 1 aromatic rings. The van der Waals surface area contributed by atoms with Gasteiger partial charge in [0.1, 0.15) is 11.6 Å². The minimum atomic E-state index is -0.580. The maximum Gasteiger partial charge on any atom is 0.223 e. The fourth-order valence-electron chi connectivity index (χ4n) is 3.33. The number of carbonyl (C=O) groups excluding carboxylic acids is 1. The second-order valence-electron chi connectivity index (χ2n) is 6.41. The van der Waals surface area contributed by atoms with Gasteiger partial charge in [-0.1, -0.05) is 6.07 Å². The molecule has 0 aromatic heterocycles. The molecule has 0 bridgehead atoms. The highest BCUT2D eigenvalue weighted by Crippen LogP contribution is 2.48. The van der Waals surface area contributed by atoms with Crippen molar-refractivity contribution in [2.45, 2.75) is 31.6 Å². The molecule has 1 aromatic carbocycles. The molecule has 120 valence electrons. The van der Waals surface area contributed by atoms with Crippen LogP contribution >= 0.6 is 0 Å². The van der Waals surface area contributed by atoms with Crippen molar-refractivity contribution in [1.82, 2.24) is 10.6 Å². The van der Waals surface area contributed by atoms with Crippen LogP contribution in [0.1, 0.15) is 37.2 Å². The lowest BCUT2D eigenvalue weighted by atomic mass is 9.96. The first-order valence-electron chi connectivity index (χ1n) is 8.08. The van der Waals surface area contributed by atoms with Crippen molar-refractivity contribution in [3.8, 4) is 0 Å². The van der Waals surface area contributed by atoms with Gasteiger partial charge in [0.2, 0.25) is 5.91 Å². The highest BCUT2D eigenvalue weighted by molar-refractivity contribution is 5.82. The van der Waals surface area contributed by atoms with E-state index < -0.39 is 11.6 Å². The largest absolute Gasteiger partial charge is 0.356 e. The maximum atomic E-state index is 13.7. The summed E-state index contributed by atoms with van der Waals surface area (Å²) in [5, 5.41) is 6.32. The van der Waals surface area contributed by atoms with E-state index >= 15 is 0 Å². The van der Waals surface area contributed by atoms with Crippen LogP contribution in [0.2, 0.25) is 0 Å². The van der Waals surface area contributed by atoms with Crippen LogP contribution in [0.15, 0.2) is 18.2 Å². The molecule has 22 heavy (non-hydrogen) atoms. The SMILES string of the molecule is O=C(NCCC1CCCNC1)C1CC1c1ccc(F)cc1F. The summed E-state index contributed by atoms with van der Waals surface area (Å²) in [4.78, 5) is 12.1. The summed E-state index contributed by atoms with van der Waals surface area (Å²) in [5.41, 5.74) is 0.457. The molecule has 3 unspecified atom stereocenters. The highest BCUT2D eigenvalue weighted by atomic mass is 19.1. The van der Waals surface area contributed by atoms with Crippen LogP contribution in [0.5, 0.6) is 0 Å². The molecule has 1 aliphatic heterocycles. The third kappa shape index (κ3) is 3.64. The molecule has 1 saturated heterocycles. The van der Waals surface area contributed by atoms with Crippen LogP contribution in [0.4, 0.5) is 8.78 Å². The molecular formula is C17H22F2N2O. The number of nitrogens with one attached hydrogen (secondary N) is 2. The van der Waals surface area contributed by atoms with Crippen molar-refractivity contribution in [3.05, 3.63) is 35.4 Å². The van der Waals surface area contributed by atoms with Gasteiger partial charge in [-0.2, -0.15) is 0 Å². The van der Waals surface area contributed by atoms with E-state index in [1.54, 1.807) is 0 Å². The lowest BCUT2D eigenvalue weighted by Crippen LogP contribution is -2.33. The van der Waals surface area contributed by atoms with Gasteiger partial charge >= 0.3 is 0 Å². The summed E-state index contributed by atoms with van der Waals surface area (Å²) in [6.45, 7) is 2.80. The van der Waals surface area contributed by atoms with E-state index in [2.05, 4.69) is 10.6 Å². The van der Waals surface area contributed by atoms with Crippen molar-refractivity contribution in [2.24, 2.45) is 11.8 Å². The predicted octanol–water partition coefficient (Wildman–Crippen LogP) is 2.57. The van der Waals surface area contributed by atoms with Crippen molar-refractivity contribution in [3.63, 3.8) is 0 Å². The Morgan fingerprint density at radius 3 is 2.95 bits per heavy atom. The number of hydrogen-bond acceptors (Lipinski definition) is 2. The molecular weight excluding hydrogens is 286 g/mol. The fourth-order valence-corrected chi connectivity index (χ4v) is 3.33. The van der Waals surface area contributed by atoms with Crippen molar-refractivity contribution in [2.75, 3.05) is 19.6 Å². The van der Waals surface area contributed by atoms with Crippen molar-refractivity contribution < 1.29 is 13.6 Å². The predicted molar refractivity (Wildman–Crippen MR) is 80.4 cm³/mol. The molecule has 2 N–H and O–H groups in total. The second kappa shape index (κ2) is 6.73. The van der Waals surface area contributed by atoms with Crippen molar-refractivity contribution in [1.29, 1.82) is 0 Å². The minimum Gasteiger partial charge on any atom is -0.356 e. The van der Waals surface area contributed by atoms with Crippen LogP contribution in [-0.2, 0) is 4.79 Å². The van der Waals surface area contributed by atoms with Crippen LogP contribution in [0, 0.1) is 23.5 Å². The van der Waals surface area contributed by atoms with Crippen LogP contribution in [0.25, 0.3) is 0 Å². The lowest BCUT2D eigenvalue weighted by molar-refractivity contribution is -0.122. The Labute approximate surface area is 129 Å². The van der Waals surface area contributed by atoms with E-state index in [9.17, 15) is 13.6 Å². The Morgan fingerprint density at radius 2 is 2.23 bits per heavy atom. The normalized spacial score (nSPS) is 27.5. The van der Waals surface area contributed by atoms with E-state index in [1.165, 1.54) is 25.0 Å². The lowest BCUT2D eigenvalue weighted by Gasteiger charge is -2.22. The number of benzene rings is 1. The molecule has 1 saturated carbocycles. The first-order chi connectivity index (χ1) is 10.6. The summed E-state index contributed by atoms with van der Waals surface area (Å²) in [5.74, 6) is -0.755. The second-order valence-corrected chi connectivity index (χ2v) is 6.41. The summed E-state index contributed by atoms with van der Waals surface area (Å²) in [6, 6.07) is 3.59. The van der Waals surface area contributed by atoms with Gasteiger partial charge in [-0.25, -0.2) is 8.78 Å². The monoisotopic (exact) mass is 308 g/mol. The first-order valence-corrected chi connectivity index (χ1v) is 8.08. The van der Waals surface area contributed by atoms with Gasteiger partial charge in [-0.3, -0.25) is 4.79 Å². The van der Waals surface area contributed by atoms with E-state index in [4.69, 9.17) is 0 Å². The summed E-state index contributed by atoms with van der Waals surface area (Å²) in [7, 11) is 0. The Kier molecular flexibility index (Phi) is 4.71. The number of hydrogen-bond donors (Lipinski definition) is 2. The molecule has 3 nitrogen and oxygen atoms in total. The average molecular weight is 308 g/mol. The summed E-state index contributed by atoms with van der Waals surface area (Å²) in [6.07, 6.45) is 4.06. The number of carbonyl (C=O) groups is 1. The van der Waals surface area contributed by atoms with Crippen LogP contribution in [-0.4, -0.2) is 25.5 Å². The molecule has 3 atom stereocenters. The van der Waals surface area contributed by atoms with Crippen LogP contribution in [0.3, 0.4) is 0 Å². The molecule has 0 radical (unpaired) electrons. The van der Waals surface area contributed by atoms with Gasteiger partial charge in [0.05, 0.1) is 0 Å². The van der Waals surface area contributed by atoms with E-state index in [-0.39, 0.29) is 17.7 Å². The van der Waals surface area contributed by atoms with Crippen LogP contribution < -0.4 is 10.6 Å². The van der Waals surface area contributed by atoms with Gasteiger partial charge in [-0.15, -0.1) is 0 Å². The van der Waals surface area contributed by atoms with Gasteiger partial charge in [0.15, 0.2) is 0 Å². The molecule has 2 fully saturated rings. The zero-order valence-electron chi connectivity index (χ0n) is 12.6. The maximum absolute atomic E-state index is 13.7. The highest BCUT2D eigenvalue weighted by Gasteiger charge is 2.45. The van der Waals surface area contributed by atoms with Gasteiger partial charge in [0.25, 0.3) is 0 Å². The number of halogens is 2. The molecule has 1 aliphatic carbocycles. The Hall–Kier alpha value is -1.49. The summed E-state index contributed by atoms with van der Waals surface area (Å²) >= 11 is 0. The first kappa shape index (κ1) is 15.4. The minimum absolute atomic E-state index is 0.00232. The van der Waals surface area contributed by atoms with Crippen molar-refractivity contribution >= 4 is 5.91 Å². The molecule has 3 rings (SSSR count).